The van der Waals surface area contributed by atoms with Gasteiger partial charge in [0.2, 0.25) is 5.91 Å². The van der Waals surface area contributed by atoms with Crippen molar-refractivity contribution in [2.75, 3.05) is 26.2 Å². The standard InChI is InChI=1S/C19H30N4O2/c1-4-20-19(22-14-18(24)23-10-5-6-11-23)21-13-16-8-7-9-17(12-16)25-15(2)3/h7-9,12,15H,4-6,10-11,13-14H2,1-3H3,(H2,20,21,22). The number of carbonyl (C=O) groups is 1. The molecule has 1 amide bonds. The molecule has 1 aromatic carbocycles. The number of hydrogen-bond donors (Lipinski definition) is 2. The molecule has 0 saturated carbocycles. The number of ether oxygens (including phenoxy) is 1. The van der Waals surface area contributed by atoms with E-state index in [9.17, 15) is 4.79 Å². The van der Waals surface area contributed by atoms with E-state index in [1.165, 1.54) is 0 Å². The first-order valence-corrected chi connectivity index (χ1v) is 9.14. The van der Waals surface area contributed by atoms with Crippen LogP contribution in [0, 0.1) is 0 Å². The molecule has 6 nitrogen and oxygen atoms in total. The lowest BCUT2D eigenvalue weighted by molar-refractivity contribution is -0.128. The summed E-state index contributed by atoms with van der Waals surface area (Å²) < 4.78 is 5.72. The summed E-state index contributed by atoms with van der Waals surface area (Å²) in [6, 6.07) is 7.95. The fraction of sp³-hybridized carbons (Fsp3) is 0.579. The van der Waals surface area contributed by atoms with E-state index in [1.54, 1.807) is 0 Å². The average Bonchev–Trinajstić information content (AvgIpc) is 3.11. The van der Waals surface area contributed by atoms with Crippen molar-refractivity contribution in [2.45, 2.75) is 46.3 Å². The molecule has 0 bridgehead atoms. The molecule has 2 N–H and O–H groups in total. The van der Waals surface area contributed by atoms with Gasteiger partial charge in [0.1, 0.15) is 5.75 Å². The highest BCUT2D eigenvalue weighted by molar-refractivity contribution is 5.86. The lowest BCUT2D eigenvalue weighted by Crippen LogP contribution is -2.44. The predicted molar refractivity (Wildman–Crippen MR) is 101 cm³/mol. The zero-order chi connectivity index (χ0) is 18.1. The van der Waals surface area contributed by atoms with Crippen molar-refractivity contribution in [2.24, 2.45) is 4.99 Å². The predicted octanol–water partition coefficient (Wildman–Crippen LogP) is 2.15. The van der Waals surface area contributed by atoms with Gasteiger partial charge < -0.3 is 20.3 Å². The molecular weight excluding hydrogens is 316 g/mol. The quantitative estimate of drug-likeness (QED) is 0.586. The van der Waals surface area contributed by atoms with Gasteiger partial charge >= 0.3 is 0 Å². The van der Waals surface area contributed by atoms with Crippen molar-refractivity contribution >= 4 is 11.9 Å². The number of rotatable bonds is 7. The summed E-state index contributed by atoms with van der Waals surface area (Å²) in [5.74, 6) is 1.64. The summed E-state index contributed by atoms with van der Waals surface area (Å²) in [7, 11) is 0. The van der Waals surface area contributed by atoms with Gasteiger partial charge in [0.25, 0.3) is 0 Å². The Kier molecular flexibility index (Phi) is 7.57. The summed E-state index contributed by atoms with van der Waals surface area (Å²) >= 11 is 0. The largest absolute Gasteiger partial charge is 0.491 e. The van der Waals surface area contributed by atoms with E-state index in [0.29, 0.717) is 12.5 Å². The maximum Gasteiger partial charge on any atom is 0.241 e. The van der Waals surface area contributed by atoms with Gasteiger partial charge in [0.05, 0.1) is 19.2 Å². The van der Waals surface area contributed by atoms with Crippen molar-refractivity contribution in [3.8, 4) is 5.75 Å². The maximum atomic E-state index is 12.1. The average molecular weight is 346 g/mol. The van der Waals surface area contributed by atoms with E-state index in [-0.39, 0.29) is 18.6 Å². The third-order valence-corrected chi connectivity index (χ3v) is 3.90. The van der Waals surface area contributed by atoms with E-state index >= 15 is 0 Å². The van der Waals surface area contributed by atoms with E-state index in [2.05, 4.69) is 15.6 Å². The van der Waals surface area contributed by atoms with Gasteiger partial charge in [-0.1, -0.05) is 12.1 Å². The first-order valence-electron chi connectivity index (χ1n) is 9.14. The van der Waals surface area contributed by atoms with E-state index in [1.807, 2.05) is 49.9 Å². The minimum atomic E-state index is 0.135. The van der Waals surface area contributed by atoms with Gasteiger partial charge in [-0.25, -0.2) is 4.99 Å². The molecule has 138 valence electrons. The van der Waals surface area contributed by atoms with Crippen molar-refractivity contribution < 1.29 is 9.53 Å². The molecule has 0 spiro atoms. The number of aliphatic imine (C=N–C) groups is 1. The molecule has 0 atom stereocenters. The van der Waals surface area contributed by atoms with Crippen LogP contribution >= 0.6 is 0 Å². The van der Waals surface area contributed by atoms with E-state index in [0.717, 1.165) is 43.8 Å². The molecule has 0 aromatic heterocycles. The second kappa shape index (κ2) is 9.91. The molecule has 0 radical (unpaired) electrons. The number of amides is 1. The molecule has 1 aliphatic rings. The van der Waals surface area contributed by atoms with Crippen molar-refractivity contribution in [1.82, 2.24) is 15.5 Å². The van der Waals surface area contributed by atoms with Crippen LogP contribution in [0.4, 0.5) is 0 Å². The highest BCUT2D eigenvalue weighted by atomic mass is 16.5. The van der Waals surface area contributed by atoms with Crippen LogP contribution in [0.15, 0.2) is 29.3 Å². The van der Waals surface area contributed by atoms with Gasteiger partial charge in [0, 0.05) is 19.6 Å². The number of benzene rings is 1. The first kappa shape index (κ1) is 19.1. The molecule has 1 aromatic rings. The van der Waals surface area contributed by atoms with Crippen molar-refractivity contribution in [3.63, 3.8) is 0 Å². The molecule has 0 unspecified atom stereocenters. The SMILES string of the molecule is CCNC(=NCc1cccc(OC(C)C)c1)NCC(=O)N1CCCC1. The van der Waals surface area contributed by atoms with Gasteiger partial charge in [-0.15, -0.1) is 0 Å². The summed E-state index contributed by atoms with van der Waals surface area (Å²) in [5.41, 5.74) is 1.07. The minimum Gasteiger partial charge on any atom is -0.491 e. The Morgan fingerprint density at radius 3 is 2.72 bits per heavy atom. The molecule has 1 heterocycles. The summed E-state index contributed by atoms with van der Waals surface area (Å²) in [5, 5.41) is 6.31. The van der Waals surface area contributed by atoms with Crippen LogP contribution in [0.3, 0.4) is 0 Å². The third-order valence-electron chi connectivity index (χ3n) is 3.90. The summed E-state index contributed by atoms with van der Waals surface area (Å²) in [4.78, 5) is 18.6. The van der Waals surface area contributed by atoms with Crippen LogP contribution < -0.4 is 15.4 Å². The Bertz CT molecular complexity index is 581. The zero-order valence-electron chi connectivity index (χ0n) is 15.5. The van der Waals surface area contributed by atoms with Crippen LogP contribution in [-0.2, 0) is 11.3 Å². The minimum absolute atomic E-state index is 0.135. The molecule has 2 rings (SSSR count). The second-order valence-corrected chi connectivity index (χ2v) is 6.45. The van der Waals surface area contributed by atoms with Gasteiger partial charge in [-0.3, -0.25) is 4.79 Å². The zero-order valence-corrected chi connectivity index (χ0v) is 15.5. The molecule has 6 heteroatoms. The van der Waals surface area contributed by atoms with Gasteiger partial charge in [0.15, 0.2) is 5.96 Å². The number of guanidine groups is 1. The van der Waals surface area contributed by atoms with E-state index in [4.69, 9.17) is 4.74 Å². The monoisotopic (exact) mass is 346 g/mol. The molecule has 1 fully saturated rings. The lowest BCUT2D eigenvalue weighted by Gasteiger charge is -2.17. The maximum absolute atomic E-state index is 12.1. The van der Waals surface area contributed by atoms with Crippen molar-refractivity contribution in [3.05, 3.63) is 29.8 Å². The van der Waals surface area contributed by atoms with Gasteiger partial charge in [-0.05, 0) is 51.3 Å². The normalized spacial score (nSPS) is 14.7. The van der Waals surface area contributed by atoms with Crippen LogP contribution in [0.1, 0.15) is 39.2 Å². The Hall–Kier alpha value is -2.24. The molecule has 25 heavy (non-hydrogen) atoms. The number of carbonyl (C=O) groups excluding carboxylic acids is 1. The third kappa shape index (κ3) is 6.64. The Morgan fingerprint density at radius 2 is 2.04 bits per heavy atom. The Labute approximate surface area is 150 Å². The van der Waals surface area contributed by atoms with E-state index < -0.39 is 0 Å². The molecule has 0 aliphatic carbocycles. The molecule has 1 aliphatic heterocycles. The van der Waals surface area contributed by atoms with Crippen LogP contribution in [0.25, 0.3) is 0 Å². The highest BCUT2D eigenvalue weighted by Crippen LogP contribution is 2.15. The smallest absolute Gasteiger partial charge is 0.241 e. The lowest BCUT2D eigenvalue weighted by atomic mass is 10.2. The topological polar surface area (TPSA) is 66.0 Å². The van der Waals surface area contributed by atoms with Crippen molar-refractivity contribution in [1.29, 1.82) is 0 Å². The Balaban J connectivity index is 1.91. The van der Waals surface area contributed by atoms with Crippen LogP contribution in [0.2, 0.25) is 0 Å². The fourth-order valence-electron chi connectivity index (χ4n) is 2.74. The molecular formula is C19H30N4O2. The van der Waals surface area contributed by atoms with Crippen LogP contribution in [-0.4, -0.2) is 49.0 Å². The first-order chi connectivity index (χ1) is 12.1. The summed E-state index contributed by atoms with van der Waals surface area (Å²) in [6.07, 6.45) is 2.36. The second-order valence-electron chi connectivity index (χ2n) is 6.45. The number of nitrogens with zero attached hydrogens (tertiary/aromatic N) is 2. The Morgan fingerprint density at radius 1 is 1.28 bits per heavy atom. The molecule has 1 saturated heterocycles. The van der Waals surface area contributed by atoms with Crippen LogP contribution in [0.5, 0.6) is 5.75 Å². The number of nitrogens with one attached hydrogen (secondary N) is 2. The number of likely N-dealkylation sites (tertiary alicyclic amines) is 1. The van der Waals surface area contributed by atoms with Gasteiger partial charge in [-0.2, -0.15) is 0 Å². The summed E-state index contributed by atoms with van der Waals surface area (Å²) in [6.45, 7) is 9.33. The fourth-order valence-corrected chi connectivity index (χ4v) is 2.74. The highest BCUT2D eigenvalue weighted by Gasteiger charge is 2.17. The number of hydrogen-bond acceptors (Lipinski definition) is 3.